The monoisotopic (exact) mass is 347 g/mol. The van der Waals surface area contributed by atoms with Crippen molar-refractivity contribution < 1.29 is 9.59 Å². The standard InChI is InChI=1S/C18H29N5O2/c1-18(2,16(25)19-3)13-22-17(21-12-15(24)23(4)5)20-11-14-9-7-6-8-10-14/h6-10H,11-13H2,1-5H3,(H,19,25)(H2,20,21,22). The minimum absolute atomic E-state index is 0.0558. The maximum absolute atomic E-state index is 11.9. The van der Waals surface area contributed by atoms with Crippen molar-refractivity contribution in [2.75, 3.05) is 34.2 Å². The quantitative estimate of drug-likeness (QED) is 0.498. The number of carbonyl (C=O) groups is 2. The molecule has 0 unspecified atom stereocenters. The van der Waals surface area contributed by atoms with Crippen LogP contribution in [-0.2, 0) is 16.1 Å². The highest BCUT2D eigenvalue weighted by Gasteiger charge is 2.26. The molecule has 0 bridgehead atoms. The van der Waals surface area contributed by atoms with Gasteiger partial charge >= 0.3 is 0 Å². The Balaban J connectivity index is 2.76. The lowest BCUT2D eigenvalue weighted by molar-refractivity contribution is -0.129. The molecule has 7 heteroatoms. The molecule has 3 N–H and O–H groups in total. The summed E-state index contributed by atoms with van der Waals surface area (Å²) < 4.78 is 0. The van der Waals surface area contributed by atoms with Gasteiger partial charge in [-0.15, -0.1) is 0 Å². The second-order valence-corrected chi connectivity index (χ2v) is 6.61. The number of aliphatic imine (C=N–C) groups is 1. The summed E-state index contributed by atoms with van der Waals surface area (Å²) in [6, 6.07) is 9.83. The van der Waals surface area contributed by atoms with Crippen LogP contribution in [0.2, 0.25) is 0 Å². The Bertz CT molecular complexity index is 597. The normalized spacial score (nSPS) is 11.6. The number of amides is 2. The van der Waals surface area contributed by atoms with Crippen LogP contribution >= 0.6 is 0 Å². The molecule has 0 aliphatic heterocycles. The maximum Gasteiger partial charge on any atom is 0.241 e. The number of likely N-dealkylation sites (N-methyl/N-ethyl adjacent to an activating group) is 1. The largest absolute Gasteiger partial charge is 0.359 e. The molecule has 0 aliphatic rings. The summed E-state index contributed by atoms with van der Waals surface area (Å²) in [5.74, 6) is 0.377. The van der Waals surface area contributed by atoms with Gasteiger partial charge in [-0.3, -0.25) is 9.59 Å². The summed E-state index contributed by atoms with van der Waals surface area (Å²) in [7, 11) is 5.02. The summed E-state index contributed by atoms with van der Waals surface area (Å²) in [6.07, 6.45) is 0. The van der Waals surface area contributed by atoms with Crippen molar-refractivity contribution in [1.82, 2.24) is 20.9 Å². The lowest BCUT2D eigenvalue weighted by Gasteiger charge is -2.24. The Morgan fingerprint density at radius 3 is 2.32 bits per heavy atom. The summed E-state index contributed by atoms with van der Waals surface area (Å²) >= 11 is 0. The second-order valence-electron chi connectivity index (χ2n) is 6.61. The summed E-state index contributed by atoms with van der Waals surface area (Å²) in [5, 5.41) is 8.82. The zero-order valence-electron chi connectivity index (χ0n) is 15.7. The van der Waals surface area contributed by atoms with Gasteiger partial charge in [0.1, 0.15) is 0 Å². The molecule has 0 heterocycles. The third-order valence-electron chi connectivity index (χ3n) is 3.71. The molecule has 0 saturated heterocycles. The van der Waals surface area contributed by atoms with E-state index in [-0.39, 0.29) is 18.4 Å². The Morgan fingerprint density at radius 2 is 1.76 bits per heavy atom. The molecule has 1 aromatic rings. The minimum atomic E-state index is -0.602. The van der Waals surface area contributed by atoms with Crippen LogP contribution in [0.15, 0.2) is 35.3 Å². The Hall–Kier alpha value is -2.57. The fraction of sp³-hybridized carbons (Fsp3) is 0.500. The van der Waals surface area contributed by atoms with Gasteiger partial charge in [0.15, 0.2) is 5.96 Å². The first-order chi connectivity index (χ1) is 11.8. The molecule has 1 rings (SSSR count). The third kappa shape index (κ3) is 7.24. The van der Waals surface area contributed by atoms with Crippen LogP contribution in [0.5, 0.6) is 0 Å². The molecule has 7 nitrogen and oxygen atoms in total. The van der Waals surface area contributed by atoms with Gasteiger partial charge in [-0.1, -0.05) is 30.3 Å². The Labute approximate surface area is 149 Å². The molecule has 0 aliphatic carbocycles. The van der Waals surface area contributed by atoms with Crippen molar-refractivity contribution >= 4 is 17.8 Å². The van der Waals surface area contributed by atoms with Crippen LogP contribution in [0.3, 0.4) is 0 Å². The molecule has 0 aromatic heterocycles. The van der Waals surface area contributed by atoms with Gasteiger partial charge in [0, 0.05) is 27.7 Å². The van der Waals surface area contributed by atoms with Crippen molar-refractivity contribution in [3.8, 4) is 0 Å². The lowest BCUT2D eigenvalue weighted by atomic mass is 9.92. The average Bonchev–Trinajstić information content (AvgIpc) is 2.60. The predicted molar refractivity (Wildman–Crippen MR) is 100 cm³/mol. The second kappa shape index (κ2) is 9.66. The summed E-state index contributed by atoms with van der Waals surface area (Å²) in [4.78, 5) is 29.7. The van der Waals surface area contributed by atoms with Crippen LogP contribution < -0.4 is 16.0 Å². The molecular weight excluding hydrogens is 318 g/mol. The molecular formula is C18H29N5O2. The van der Waals surface area contributed by atoms with Crippen LogP contribution in [0.4, 0.5) is 0 Å². The molecule has 138 valence electrons. The number of hydrogen-bond acceptors (Lipinski definition) is 3. The fourth-order valence-corrected chi connectivity index (χ4v) is 1.97. The molecule has 2 amide bonds. The number of guanidine groups is 1. The average molecular weight is 347 g/mol. The van der Waals surface area contributed by atoms with Crippen molar-refractivity contribution in [3.63, 3.8) is 0 Å². The molecule has 0 spiro atoms. The number of hydrogen-bond donors (Lipinski definition) is 3. The van der Waals surface area contributed by atoms with E-state index < -0.39 is 5.41 Å². The summed E-state index contributed by atoms with van der Waals surface area (Å²) in [6.45, 7) is 4.70. The van der Waals surface area contributed by atoms with Gasteiger partial charge in [0.05, 0.1) is 18.5 Å². The van der Waals surface area contributed by atoms with Crippen LogP contribution in [0.1, 0.15) is 19.4 Å². The molecule has 0 saturated carbocycles. The van der Waals surface area contributed by atoms with E-state index >= 15 is 0 Å². The molecule has 0 atom stereocenters. The van der Waals surface area contributed by atoms with Gasteiger partial charge in [-0.2, -0.15) is 0 Å². The SMILES string of the molecule is CNC(=O)C(C)(C)CNC(=NCc1ccccc1)NCC(=O)N(C)C. The van der Waals surface area contributed by atoms with E-state index in [4.69, 9.17) is 0 Å². The first-order valence-electron chi connectivity index (χ1n) is 8.24. The smallest absolute Gasteiger partial charge is 0.241 e. The van der Waals surface area contributed by atoms with E-state index in [9.17, 15) is 9.59 Å². The lowest BCUT2D eigenvalue weighted by Crippen LogP contribution is -2.48. The van der Waals surface area contributed by atoms with E-state index in [1.165, 1.54) is 4.90 Å². The predicted octanol–water partition coefficient (Wildman–Crippen LogP) is 0.582. The molecule has 25 heavy (non-hydrogen) atoms. The zero-order chi connectivity index (χ0) is 18.9. The Morgan fingerprint density at radius 1 is 1.12 bits per heavy atom. The molecule has 1 aromatic carbocycles. The Kier molecular flexibility index (Phi) is 7.91. The number of benzene rings is 1. The van der Waals surface area contributed by atoms with E-state index in [1.807, 2.05) is 44.2 Å². The number of nitrogens with zero attached hydrogens (tertiary/aromatic N) is 2. The van der Waals surface area contributed by atoms with E-state index in [1.54, 1.807) is 21.1 Å². The minimum Gasteiger partial charge on any atom is -0.359 e. The van der Waals surface area contributed by atoms with Crippen molar-refractivity contribution in [3.05, 3.63) is 35.9 Å². The number of carbonyl (C=O) groups excluding carboxylic acids is 2. The van der Waals surface area contributed by atoms with Crippen molar-refractivity contribution in [2.24, 2.45) is 10.4 Å². The van der Waals surface area contributed by atoms with Gasteiger partial charge < -0.3 is 20.9 Å². The highest BCUT2D eigenvalue weighted by atomic mass is 16.2. The molecule has 0 fully saturated rings. The van der Waals surface area contributed by atoms with Crippen LogP contribution in [-0.4, -0.2) is 56.9 Å². The number of rotatable bonds is 7. The first-order valence-corrected chi connectivity index (χ1v) is 8.24. The zero-order valence-corrected chi connectivity index (χ0v) is 15.7. The summed E-state index contributed by atoms with van der Waals surface area (Å²) in [5.41, 5.74) is 0.461. The highest BCUT2D eigenvalue weighted by Crippen LogP contribution is 2.13. The van der Waals surface area contributed by atoms with Crippen LogP contribution in [0.25, 0.3) is 0 Å². The third-order valence-corrected chi connectivity index (χ3v) is 3.71. The van der Waals surface area contributed by atoms with Crippen molar-refractivity contribution in [1.29, 1.82) is 0 Å². The van der Waals surface area contributed by atoms with Gasteiger partial charge in [0.2, 0.25) is 11.8 Å². The topological polar surface area (TPSA) is 85.8 Å². The van der Waals surface area contributed by atoms with Gasteiger partial charge in [-0.25, -0.2) is 4.99 Å². The van der Waals surface area contributed by atoms with Gasteiger partial charge in [-0.05, 0) is 19.4 Å². The van der Waals surface area contributed by atoms with E-state index in [0.717, 1.165) is 5.56 Å². The molecule has 0 radical (unpaired) electrons. The van der Waals surface area contributed by atoms with E-state index in [2.05, 4.69) is 20.9 Å². The number of nitrogens with one attached hydrogen (secondary N) is 3. The highest BCUT2D eigenvalue weighted by molar-refractivity contribution is 5.87. The fourth-order valence-electron chi connectivity index (χ4n) is 1.97. The van der Waals surface area contributed by atoms with Crippen molar-refractivity contribution in [2.45, 2.75) is 20.4 Å². The maximum atomic E-state index is 11.9. The first kappa shape index (κ1) is 20.5. The van der Waals surface area contributed by atoms with Crippen LogP contribution in [0, 0.1) is 5.41 Å². The van der Waals surface area contributed by atoms with E-state index in [0.29, 0.717) is 19.0 Å². The van der Waals surface area contributed by atoms with Gasteiger partial charge in [0.25, 0.3) is 0 Å².